The van der Waals surface area contributed by atoms with Crippen LogP contribution in [0.1, 0.15) is 5.69 Å². The summed E-state index contributed by atoms with van der Waals surface area (Å²) in [6.07, 6.45) is 1.85. The molecule has 0 aliphatic heterocycles. The van der Waals surface area contributed by atoms with Crippen molar-refractivity contribution in [1.29, 1.82) is 0 Å². The van der Waals surface area contributed by atoms with Crippen molar-refractivity contribution in [3.8, 4) is 11.1 Å². The molecule has 2 aromatic heterocycles. The lowest BCUT2D eigenvalue weighted by molar-refractivity contribution is 1.25. The highest BCUT2D eigenvalue weighted by molar-refractivity contribution is 5.93. The Morgan fingerprint density at radius 1 is 1.06 bits per heavy atom. The molecule has 0 amide bonds. The van der Waals surface area contributed by atoms with Gasteiger partial charge < -0.3 is 4.98 Å². The summed E-state index contributed by atoms with van der Waals surface area (Å²) in [4.78, 5) is 7.59. The average molecular weight is 208 g/mol. The zero-order chi connectivity index (χ0) is 11.0. The van der Waals surface area contributed by atoms with Gasteiger partial charge in [0.25, 0.3) is 0 Å². The second kappa shape index (κ2) is 3.49. The van der Waals surface area contributed by atoms with Gasteiger partial charge in [-0.25, -0.2) is 4.98 Å². The second-order valence-corrected chi connectivity index (χ2v) is 3.94. The highest BCUT2D eigenvalue weighted by Crippen LogP contribution is 2.27. The summed E-state index contributed by atoms with van der Waals surface area (Å²) in [5, 5.41) is 1.19. The van der Waals surface area contributed by atoms with Crippen LogP contribution >= 0.6 is 0 Å². The Balaban J connectivity index is 2.31. The molecule has 1 aromatic carbocycles. The van der Waals surface area contributed by atoms with E-state index in [-0.39, 0.29) is 0 Å². The van der Waals surface area contributed by atoms with Crippen molar-refractivity contribution >= 4 is 11.0 Å². The molecule has 0 aliphatic carbocycles. The predicted molar refractivity (Wildman–Crippen MR) is 66.3 cm³/mol. The Hall–Kier alpha value is -2.09. The first-order chi connectivity index (χ1) is 7.84. The number of aryl methyl sites for hydroxylation is 1. The fourth-order valence-corrected chi connectivity index (χ4v) is 2.03. The summed E-state index contributed by atoms with van der Waals surface area (Å²) >= 11 is 0. The minimum atomic E-state index is 0.957. The van der Waals surface area contributed by atoms with Crippen LogP contribution in [0.2, 0.25) is 0 Å². The van der Waals surface area contributed by atoms with Crippen molar-refractivity contribution in [3.05, 3.63) is 54.4 Å². The van der Waals surface area contributed by atoms with Crippen molar-refractivity contribution in [2.45, 2.75) is 6.92 Å². The third kappa shape index (κ3) is 1.39. The summed E-state index contributed by atoms with van der Waals surface area (Å²) in [6.45, 7) is 2.05. The number of aromatic amines is 1. The number of H-pyrrole nitrogens is 1. The van der Waals surface area contributed by atoms with Crippen LogP contribution in [-0.4, -0.2) is 9.97 Å². The fraction of sp³-hybridized carbons (Fsp3) is 0.0714. The van der Waals surface area contributed by atoms with Gasteiger partial charge in [-0.2, -0.15) is 0 Å². The molecule has 0 fully saturated rings. The van der Waals surface area contributed by atoms with Crippen LogP contribution in [0.25, 0.3) is 22.2 Å². The van der Waals surface area contributed by atoms with Crippen LogP contribution in [0, 0.1) is 6.92 Å². The Bertz CT molecular complexity index is 624. The van der Waals surface area contributed by atoms with E-state index in [9.17, 15) is 0 Å². The second-order valence-electron chi connectivity index (χ2n) is 3.94. The lowest BCUT2D eigenvalue weighted by Gasteiger charge is -2.02. The van der Waals surface area contributed by atoms with Gasteiger partial charge in [-0.3, -0.25) is 0 Å². The topological polar surface area (TPSA) is 28.7 Å². The first-order valence-corrected chi connectivity index (χ1v) is 5.34. The molecule has 2 nitrogen and oxygen atoms in total. The van der Waals surface area contributed by atoms with Crippen LogP contribution in [0.3, 0.4) is 0 Å². The molecule has 3 aromatic rings. The van der Waals surface area contributed by atoms with E-state index in [0.29, 0.717) is 0 Å². The van der Waals surface area contributed by atoms with Crippen molar-refractivity contribution < 1.29 is 0 Å². The number of hydrogen-bond donors (Lipinski definition) is 1. The summed E-state index contributed by atoms with van der Waals surface area (Å²) in [7, 11) is 0. The minimum Gasteiger partial charge on any atom is -0.344 e. The molecule has 2 heterocycles. The highest BCUT2D eigenvalue weighted by Gasteiger charge is 2.05. The lowest BCUT2D eigenvalue weighted by atomic mass is 10.0. The van der Waals surface area contributed by atoms with Gasteiger partial charge in [-0.15, -0.1) is 0 Å². The standard InChI is InChI=1S/C14H12N2/c1-10-9-13-12(7-8-15-14(13)16-10)11-5-3-2-4-6-11/h2-9H,1H3,(H,15,16). The molecule has 0 bridgehead atoms. The number of nitrogens with zero attached hydrogens (tertiary/aromatic N) is 1. The maximum absolute atomic E-state index is 4.33. The zero-order valence-electron chi connectivity index (χ0n) is 9.07. The van der Waals surface area contributed by atoms with Gasteiger partial charge in [0.15, 0.2) is 0 Å². The van der Waals surface area contributed by atoms with Gasteiger partial charge in [-0.1, -0.05) is 30.3 Å². The Morgan fingerprint density at radius 2 is 1.88 bits per heavy atom. The monoisotopic (exact) mass is 208 g/mol. The first kappa shape index (κ1) is 9.16. The maximum atomic E-state index is 4.33. The van der Waals surface area contributed by atoms with E-state index in [2.05, 4.69) is 53.3 Å². The highest BCUT2D eigenvalue weighted by atomic mass is 14.8. The molecule has 2 heteroatoms. The van der Waals surface area contributed by atoms with E-state index in [1.54, 1.807) is 0 Å². The molecule has 78 valence electrons. The molecule has 0 saturated heterocycles. The van der Waals surface area contributed by atoms with E-state index in [4.69, 9.17) is 0 Å². The van der Waals surface area contributed by atoms with Gasteiger partial charge >= 0.3 is 0 Å². The Kier molecular flexibility index (Phi) is 2.00. The molecule has 0 spiro atoms. The molecular weight excluding hydrogens is 196 g/mol. The van der Waals surface area contributed by atoms with Gasteiger partial charge in [0.05, 0.1) is 0 Å². The van der Waals surface area contributed by atoms with Crippen molar-refractivity contribution in [2.24, 2.45) is 0 Å². The third-order valence-corrected chi connectivity index (χ3v) is 2.75. The van der Waals surface area contributed by atoms with Crippen LogP contribution in [0.4, 0.5) is 0 Å². The van der Waals surface area contributed by atoms with E-state index < -0.39 is 0 Å². The number of hydrogen-bond acceptors (Lipinski definition) is 1. The first-order valence-electron chi connectivity index (χ1n) is 5.34. The number of aromatic nitrogens is 2. The van der Waals surface area contributed by atoms with E-state index in [1.807, 2.05) is 12.3 Å². The van der Waals surface area contributed by atoms with Gasteiger partial charge in [0, 0.05) is 17.3 Å². The van der Waals surface area contributed by atoms with Crippen molar-refractivity contribution in [1.82, 2.24) is 9.97 Å². The largest absolute Gasteiger partial charge is 0.344 e. The number of fused-ring (bicyclic) bond motifs is 1. The number of rotatable bonds is 1. The number of pyridine rings is 1. The molecule has 0 radical (unpaired) electrons. The van der Waals surface area contributed by atoms with Crippen molar-refractivity contribution in [2.75, 3.05) is 0 Å². The summed E-state index contributed by atoms with van der Waals surface area (Å²) < 4.78 is 0. The summed E-state index contributed by atoms with van der Waals surface area (Å²) in [5.41, 5.74) is 4.56. The van der Waals surface area contributed by atoms with Crippen LogP contribution in [0.15, 0.2) is 48.7 Å². The molecule has 0 atom stereocenters. The summed E-state index contributed by atoms with van der Waals surface area (Å²) in [6, 6.07) is 14.6. The quantitative estimate of drug-likeness (QED) is 0.651. The van der Waals surface area contributed by atoms with Crippen molar-refractivity contribution in [3.63, 3.8) is 0 Å². The van der Waals surface area contributed by atoms with Crippen LogP contribution in [-0.2, 0) is 0 Å². The maximum Gasteiger partial charge on any atom is 0.138 e. The normalized spacial score (nSPS) is 10.8. The molecule has 0 unspecified atom stereocenters. The average Bonchev–Trinajstić information content (AvgIpc) is 2.70. The van der Waals surface area contributed by atoms with Crippen LogP contribution < -0.4 is 0 Å². The van der Waals surface area contributed by atoms with Gasteiger partial charge in [-0.05, 0) is 30.2 Å². The number of benzene rings is 1. The number of nitrogens with one attached hydrogen (secondary N) is 1. The fourth-order valence-electron chi connectivity index (χ4n) is 2.03. The minimum absolute atomic E-state index is 0.957. The predicted octanol–water partition coefficient (Wildman–Crippen LogP) is 3.54. The van der Waals surface area contributed by atoms with Crippen LogP contribution in [0.5, 0.6) is 0 Å². The molecular formula is C14H12N2. The molecule has 0 aliphatic rings. The van der Waals surface area contributed by atoms with Gasteiger partial charge in [0.1, 0.15) is 5.65 Å². The zero-order valence-corrected chi connectivity index (χ0v) is 9.07. The molecule has 16 heavy (non-hydrogen) atoms. The van der Waals surface area contributed by atoms with Gasteiger partial charge in [0.2, 0.25) is 0 Å². The SMILES string of the molecule is Cc1cc2c(-c3ccccc3)ccnc2[nH]1. The van der Waals surface area contributed by atoms with E-state index in [1.165, 1.54) is 16.5 Å². The molecule has 0 saturated carbocycles. The summed E-state index contributed by atoms with van der Waals surface area (Å²) in [5.74, 6) is 0. The molecule has 3 rings (SSSR count). The Morgan fingerprint density at radius 3 is 2.69 bits per heavy atom. The Labute approximate surface area is 94.0 Å². The third-order valence-electron chi connectivity index (χ3n) is 2.75. The van der Waals surface area contributed by atoms with E-state index >= 15 is 0 Å². The smallest absolute Gasteiger partial charge is 0.138 e. The lowest BCUT2D eigenvalue weighted by Crippen LogP contribution is -1.81. The van der Waals surface area contributed by atoms with E-state index in [0.717, 1.165) is 11.3 Å². The molecule has 1 N–H and O–H groups in total.